The number of imidazole rings is 1. The van der Waals surface area contributed by atoms with Gasteiger partial charge >= 0.3 is 5.97 Å². The van der Waals surface area contributed by atoms with Crippen LogP contribution in [0.5, 0.6) is 0 Å². The Kier molecular flexibility index (Phi) is 3.97. The number of hydrogen-bond donors (Lipinski definition) is 1. The molecule has 4 heteroatoms. The fourth-order valence-electron chi connectivity index (χ4n) is 2.69. The molecule has 3 aromatic rings. The molecule has 0 fully saturated rings. The van der Waals surface area contributed by atoms with E-state index in [-0.39, 0.29) is 0 Å². The lowest BCUT2D eigenvalue weighted by molar-refractivity contribution is -0.145. The summed E-state index contributed by atoms with van der Waals surface area (Å²) in [5.74, 6) is -0.264. The van der Waals surface area contributed by atoms with Crippen LogP contribution in [0.15, 0.2) is 48.5 Å². The number of nitrogens with zero attached hydrogens (tertiary/aromatic N) is 2. The molecule has 0 aliphatic carbocycles. The van der Waals surface area contributed by atoms with Gasteiger partial charge in [0.2, 0.25) is 0 Å². The first-order valence-electron chi connectivity index (χ1n) is 7.86. The van der Waals surface area contributed by atoms with Gasteiger partial charge < -0.3 is 9.67 Å². The van der Waals surface area contributed by atoms with Gasteiger partial charge in [0.1, 0.15) is 11.4 Å². The Labute approximate surface area is 141 Å². The first-order chi connectivity index (χ1) is 11.4. The summed E-state index contributed by atoms with van der Waals surface area (Å²) < 4.78 is 1.77. The monoisotopic (exact) mass is 320 g/mol. The van der Waals surface area contributed by atoms with Crippen molar-refractivity contribution in [2.75, 3.05) is 0 Å². The lowest BCUT2D eigenvalue weighted by Crippen LogP contribution is -2.36. The molecule has 0 saturated carbocycles. The minimum atomic E-state index is -1.09. The van der Waals surface area contributed by atoms with Crippen LogP contribution in [0.3, 0.4) is 0 Å². The molecule has 0 amide bonds. The molecule has 4 nitrogen and oxygen atoms in total. The zero-order valence-corrected chi connectivity index (χ0v) is 14.0. The Hall–Kier alpha value is -2.88. The van der Waals surface area contributed by atoms with Gasteiger partial charge in [-0.05, 0) is 44.5 Å². The molecular formula is C20H20N2O2. The highest BCUT2D eigenvalue weighted by atomic mass is 16.4. The maximum Gasteiger partial charge on any atom is 0.329 e. The van der Waals surface area contributed by atoms with Crippen LogP contribution in [0.2, 0.25) is 0 Å². The smallest absolute Gasteiger partial charge is 0.329 e. The molecule has 1 aromatic heterocycles. The van der Waals surface area contributed by atoms with E-state index in [1.54, 1.807) is 18.4 Å². The molecule has 1 N–H and O–H groups in total. The highest BCUT2D eigenvalue weighted by Gasteiger charge is 2.32. The van der Waals surface area contributed by atoms with Crippen LogP contribution in [-0.4, -0.2) is 20.6 Å². The van der Waals surface area contributed by atoms with Crippen molar-refractivity contribution < 1.29 is 9.90 Å². The van der Waals surface area contributed by atoms with E-state index in [4.69, 9.17) is 0 Å². The van der Waals surface area contributed by atoms with E-state index >= 15 is 0 Å². The SMILES string of the molecule is Cc1ccc(/C=C/c2nc3ccccc3n2C(C)(C)C(=O)O)cc1. The zero-order valence-electron chi connectivity index (χ0n) is 14.0. The predicted molar refractivity (Wildman–Crippen MR) is 96.8 cm³/mol. The summed E-state index contributed by atoms with van der Waals surface area (Å²) in [6.07, 6.45) is 3.82. The maximum absolute atomic E-state index is 11.8. The summed E-state index contributed by atoms with van der Waals surface area (Å²) in [7, 11) is 0. The largest absolute Gasteiger partial charge is 0.480 e. The molecule has 1 heterocycles. The van der Waals surface area contributed by atoms with Gasteiger partial charge in [0.15, 0.2) is 0 Å². The topological polar surface area (TPSA) is 55.1 Å². The number of aromatic nitrogens is 2. The van der Waals surface area contributed by atoms with E-state index < -0.39 is 11.5 Å². The van der Waals surface area contributed by atoms with Crippen molar-refractivity contribution in [3.05, 3.63) is 65.5 Å². The van der Waals surface area contributed by atoms with Crippen molar-refractivity contribution in [1.82, 2.24) is 9.55 Å². The lowest BCUT2D eigenvalue weighted by atomic mass is 10.0. The van der Waals surface area contributed by atoms with E-state index in [2.05, 4.69) is 4.98 Å². The number of rotatable bonds is 4. The van der Waals surface area contributed by atoms with Crippen molar-refractivity contribution in [2.24, 2.45) is 0 Å². The number of fused-ring (bicyclic) bond motifs is 1. The second-order valence-corrected chi connectivity index (χ2v) is 6.40. The summed E-state index contributed by atoms with van der Waals surface area (Å²) >= 11 is 0. The average Bonchev–Trinajstić information content (AvgIpc) is 2.93. The Morgan fingerprint density at radius 1 is 1.08 bits per heavy atom. The molecule has 0 atom stereocenters. The molecule has 0 radical (unpaired) electrons. The molecule has 2 aromatic carbocycles. The number of carboxylic acid groups (broad SMARTS) is 1. The van der Waals surface area contributed by atoms with E-state index in [1.165, 1.54) is 5.56 Å². The Morgan fingerprint density at radius 3 is 2.42 bits per heavy atom. The summed E-state index contributed by atoms with van der Waals surface area (Å²) in [5, 5.41) is 9.64. The predicted octanol–water partition coefficient (Wildman–Crippen LogP) is 4.33. The van der Waals surface area contributed by atoms with Crippen LogP contribution in [0.25, 0.3) is 23.2 Å². The molecular weight excluding hydrogens is 300 g/mol. The van der Waals surface area contributed by atoms with Crippen molar-refractivity contribution in [2.45, 2.75) is 26.3 Å². The number of para-hydroxylation sites is 2. The number of aliphatic carboxylic acids is 1. The molecule has 0 bridgehead atoms. The molecule has 3 rings (SSSR count). The van der Waals surface area contributed by atoms with Crippen molar-refractivity contribution in [3.8, 4) is 0 Å². The van der Waals surface area contributed by atoms with Crippen molar-refractivity contribution in [3.63, 3.8) is 0 Å². The number of carbonyl (C=O) groups is 1. The van der Waals surface area contributed by atoms with E-state index in [9.17, 15) is 9.90 Å². The fourth-order valence-corrected chi connectivity index (χ4v) is 2.69. The van der Waals surface area contributed by atoms with Gasteiger partial charge in [-0.2, -0.15) is 0 Å². The van der Waals surface area contributed by atoms with Crippen molar-refractivity contribution in [1.29, 1.82) is 0 Å². The zero-order chi connectivity index (χ0) is 17.3. The van der Waals surface area contributed by atoms with E-state index in [0.717, 1.165) is 16.6 Å². The van der Waals surface area contributed by atoms with Gasteiger partial charge in [-0.25, -0.2) is 9.78 Å². The van der Waals surface area contributed by atoms with Gasteiger partial charge in [-0.3, -0.25) is 0 Å². The van der Waals surface area contributed by atoms with E-state index in [0.29, 0.717) is 5.82 Å². The summed E-state index contributed by atoms with van der Waals surface area (Å²) in [4.78, 5) is 16.4. The fraction of sp³-hybridized carbons (Fsp3) is 0.200. The highest BCUT2D eigenvalue weighted by molar-refractivity contribution is 5.85. The third kappa shape index (κ3) is 2.83. The molecule has 0 saturated heterocycles. The van der Waals surface area contributed by atoms with Crippen LogP contribution in [0, 0.1) is 6.92 Å². The molecule has 0 aliphatic rings. The quantitative estimate of drug-likeness (QED) is 0.778. The van der Waals surface area contributed by atoms with Gasteiger partial charge in [0.05, 0.1) is 11.0 Å². The number of hydrogen-bond acceptors (Lipinski definition) is 2. The number of aryl methyl sites for hydroxylation is 1. The highest BCUT2D eigenvalue weighted by Crippen LogP contribution is 2.27. The third-order valence-electron chi connectivity index (χ3n) is 4.17. The minimum absolute atomic E-state index is 0.629. The van der Waals surface area contributed by atoms with Gasteiger partial charge in [0.25, 0.3) is 0 Å². The number of carboxylic acids is 1. The number of benzene rings is 2. The molecule has 0 unspecified atom stereocenters. The summed E-state index contributed by atoms with van der Waals surface area (Å²) in [5.41, 5.74) is 2.76. The third-order valence-corrected chi connectivity index (χ3v) is 4.17. The van der Waals surface area contributed by atoms with Gasteiger partial charge in [-0.1, -0.05) is 48.0 Å². The first kappa shape index (κ1) is 16.0. The van der Waals surface area contributed by atoms with Crippen molar-refractivity contribution >= 4 is 29.2 Å². The van der Waals surface area contributed by atoms with Gasteiger partial charge in [0, 0.05) is 0 Å². The molecule has 24 heavy (non-hydrogen) atoms. The Bertz CT molecular complexity index is 918. The Balaban J connectivity index is 2.13. The van der Waals surface area contributed by atoms with Crippen LogP contribution in [0.1, 0.15) is 30.8 Å². The molecule has 0 aliphatic heterocycles. The summed E-state index contributed by atoms with van der Waals surface area (Å²) in [6.45, 7) is 5.42. The second kappa shape index (κ2) is 5.96. The maximum atomic E-state index is 11.8. The van der Waals surface area contributed by atoms with Crippen LogP contribution >= 0.6 is 0 Å². The van der Waals surface area contributed by atoms with E-state index in [1.807, 2.05) is 67.6 Å². The van der Waals surface area contributed by atoms with Crippen LogP contribution in [-0.2, 0) is 10.3 Å². The standard InChI is InChI=1S/C20H20N2O2/c1-14-8-10-15(11-9-14)12-13-18-21-16-6-4-5-7-17(16)22(18)20(2,3)19(23)24/h4-13H,1-3H3,(H,23,24)/b13-12+. The molecule has 122 valence electrons. The van der Waals surface area contributed by atoms with Crippen LogP contribution in [0.4, 0.5) is 0 Å². The first-order valence-corrected chi connectivity index (χ1v) is 7.86. The normalized spacial score (nSPS) is 12.1. The lowest BCUT2D eigenvalue weighted by Gasteiger charge is -2.24. The summed E-state index contributed by atoms with van der Waals surface area (Å²) in [6, 6.07) is 15.7. The second-order valence-electron chi connectivity index (χ2n) is 6.40. The van der Waals surface area contributed by atoms with Gasteiger partial charge in [-0.15, -0.1) is 0 Å². The van der Waals surface area contributed by atoms with Crippen LogP contribution < -0.4 is 0 Å². The Morgan fingerprint density at radius 2 is 1.75 bits per heavy atom. The molecule has 0 spiro atoms. The average molecular weight is 320 g/mol. The minimum Gasteiger partial charge on any atom is -0.480 e.